The second-order valence-corrected chi connectivity index (χ2v) is 4.18. The van der Waals surface area contributed by atoms with Gasteiger partial charge in [0.05, 0.1) is 0 Å². The maximum absolute atomic E-state index is 10.9. The average Bonchev–Trinajstić information content (AvgIpc) is 2.01. The summed E-state index contributed by atoms with van der Waals surface area (Å²) in [6, 6.07) is -0.668. The standard InChI is InChI=1S/C9H15NO3/c1-9(2)4-3-5-10(6-11)7(9)8(12)13/h6-7H,3-5H2,1-2H3,(H,12,13). The van der Waals surface area contributed by atoms with Crippen LogP contribution < -0.4 is 0 Å². The van der Waals surface area contributed by atoms with Crippen molar-refractivity contribution in [3.05, 3.63) is 0 Å². The van der Waals surface area contributed by atoms with Crippen molar-refractivity contribution < 1.29 is 14.7 Å². The highest BCUT2D eigenvalue weighted by atomic mass is 16.4. The summed E-state index contributed by atoms with van der Waals surface area (Å²) >= 11 is 0. The molecule has 0 saturated carbocycles. The van der Waals surface area contributed by atoms with Crippen LogP contribution in [0.2, 0.25) is 0 Å². The number of likely N-dealkylation sites (tertiary alicyclic amines) is 1. The van der Waals surface area contributed by atoms with Crippen LogP contribution in [0, 0.1) is 5.41 Å². The van der Waals surface area contributed by atoms with Gasteiger partial charge in [-0.2, -0.15) is 0 Å². The van der Waals surface area contributed by atoms with E-state index in [1.807, 2.05) is 13.8 Å². The Bertz CT molecular complexity index is 225. The van der Waals surface area contributed by atoms with E-state index in [-0.39, 0.29) is 5.41 Å². The molecule has 1 rings (SSSR count). The summed E-state index contributed by atoms with van der Waals surface area (Å²) in [5, 5.41) is 8.97. The molecule has 0 aromatic carbocycles. The third-order valence-corrected chi connectivity index (χ3v) is 2.68. The van der Waals surface area contributed by atoms with Gasteiger partial charge in [0, 0.05) is 6.54 Å². The number of hydrogen-bond donors (Lipinski definition) is 1. The van der Waals surface area contributed by atoms with Gasteiger partial charge in [-0.1, -0.05) is 13.8 Å². The van der Waals surface area contributed by atoms with Gasteiger partial charge in [0.1, 0.15) is 6.04 Å². The molecule has 4 nitrogen and oxygen atoms in total. The molecule has 1 heterocycles. The number of carbonyl (C=O) groups excluding carboxylic acids is 1. The summed E-state index contributed by atoms with van der Waals surface area (Å²) in [5.41, 5.74) is -0.314. The zero-order valence-corrected chi connectivity index (χ0v) is 7.99. The number of nitrogens with zero attached hydrogens (tertiary/aromatic N) is 1. The molecule has 1 aliphatic rings. The Balaban J connectivity index is 2.89. The third-order valence-electron chi connectivity index (χ3n) is 2.68. The molecule has 0 radical (unpaired) electrons. The number of rotatable bonds is 2. The van der Waals surface area contributed by atoms with E-state index in [1.54, 1.807) is 0 Å². The molecule has 1 unspecified atom stereocenters. The summed E-state index contributed by atoms with van der Waals surface area (Å²) in [7, 11) is 0. The van der Waals surface area contributed by atoms with Crippen LogP contribution in [0.5, 0.6) is 0 Å². The molecule has 1 fully saturated rings. The maximum Gasteiger partial charge on any atom is 0.326 e. The lowest BCUT2D eigenvalue weighted by Gasteiger charge is -2.42. The minimum absolute atomic E-state index is 0.314. The Hall–Kier alpha value is -1.06. The monoisotopic (exact) mass is 185 g/mol. The van der Waals surface area contributed by atoms with Crippen LogP contribution in [-0.4, -0.2) is 35.0 Å². The van der Waals surface area contributed by atoms with E-state index in [1.165, 1.54) is 4.90 Å². The summed E-state index contributed by atoms with van der Waals surface area (Å²) in [6.45, 7) is 4.34. The van der Waals surface area contributed by atoms with Gasteiger partial charge in [-0.15, -0.1) is 0 Å². The molecule has 0 bridgehead atoms. The number of carboxylic acid groups (broad SMARTS) is 1. The zero-order chi connectivity index (χ0) is 10.1. The number of aliphatic carboxylic acids is 1. The van der Waals surface area contributed by atoms with Crippen LogP contribution in [0.1, 0.15) is 26.7 Å². The van der Waals surface area contributed by atoms with Gasteiger partial charge in [-0.3, -0.25) is 4.79 Å². The quantitative estimate of drug-likeness (QED) is 0.645. The molecule has 1 saturated heterocycles. The number of carbonyl (C=O) groups is 2. The van der Waals surface area contributed by atoms with E-state index < -0.39 is 12.0 Å². The minimum Gasteiger partial charge on any atom is -0.480 e. The highest BCUT2D eigenvalue weighted by Crippen LogP contribution is 2.34. The second kappa shape index (κ2) is 3.36. The molecular formula is C9H15NO3. The summed E-state index contributed by atoms with van der Waals surface area (Å²) in [4.78, 5) is 22.9. The lowest BCUT2D eigenvalue weighted by Crippen LogP contribution is -2.53. The first-order chi connectivity index (χ1) is 5.99. The lowest BCUT2D eigenvalue weighted by atomic mass is 9.76. The third kappa shape index (κ3) is 1.82. The molecule has 0 spiro atoms. The largest absolute Gasteiger partial charge is 0.480 e. The van der Waals surface area contributed by atoms with E-state index in [0.29, 0.717) is 13.0 Å². The van der Waals surface area contributed by atoms with Gasteiger partial charge in [-0.05, 0) is 18.3 Å². The Morgan fingerprint density at radius 3 is 2.62 bits per heavy atom. The van der Waals surface area contributed by atoms with E-state index in [2.05, 4.69) is 0 Å². The summed E-state index contributed by atoms with van der Waals surface area (Å²) in [5.74, 6) is -0.906. The number of amides is 1. The first kappa shape index (κ1) is 10.0. The predicted molar refractivity (Wildman–Crippen MR) is 47.2 cm³/mol. The molecule has 1 N–H and O–H groups in total. The van der Waals surface area contributed by atoms with Crippen LogP contribution in [-0.2, 0) is 9.59 Å². The van der Waals surface area contributed by atoms with Gasteiger partial charge in [0.2, 0.25) is 6.41 Å². The van der Waals surface area contributed by atoms with Crippen LogP contribution in [0.15, 0.2) is 0 Å². The SMILES string of the molecule is CC1(C)CCCN(C=O)C1C(=O)O. The molecule has 0 aromatic rings. The number of hydrogen-bond acceptors (Lipinski definition) is 2. The van der Waals surface area contributed by atoms with Gasteiger partial charge in [0.15, 0.2) is 0 Å². The molecule has 13 heavy (non-hydrogen) atoms. The van der Waals surface area contributed by atoms with Gasteiger partial charge < -0.3 is 10.0 Å². The Kier molecular flexibility index (Phi) is 2.59. The molecule has 0 aromatic heterocycles. The van der Waals surface area contributed by atoms with Crippen LogP contribution in [0.3, 0.4) is 0 Å². The Morgan fingerprint density at radius 1 is 1.62 bits per heavy atom. The van der Waals surface area contributed by atoms with Crippen LogP contribution >= 0.6 is 0 Å². The van der Waals surface area contributed by atoms with Crippen molar-refractivity contribution in [1.82, 2.24) is 4.90 Å². The molecule has 4 heteroatoms. The zero-order valence-electron chi connectivity index (χ0n) is 7.99. The highest BCUT2D eigenvalue weighted by Gasteiger charge is 2.41. The summed E-state index contributed by atoms with van der Waals surface area (Å²) < 4.78 is 0. The average molecular weight is 185 g/mol. The van der Waals surface area contributed by atoms with Crippen molar-refractivity contribution in [3.63, 3.8) is 0 Å². The molecule has 0 aliphatic carbocycles. The molecule has 74 valence electrons. The minimum atomic E-state index is -0.906. The van der Waals surface area contributed by atoms with Crippen LogP contribution in [0.4, 0.5) is 0 Å². The fourth-order valence-electron chi connectivity index (χ4n) is 2.02. The highest BCUT2D eigenvalue weighted by molar-refractivity contribution is 5.77. The Labute approximate surface area is 77.5 Å². The lowest BCUT2D eigenvalue weighted by molar-refractivity contribution is -0.154. The first-order valence-electron chi connectivity index (χ1n) is 4.43. The van der Waals surface area contributed by atoms with Crippen molar-refractivity contribution >= 4 is 12.4 Å². The molecule has 1 amide bonds. The number of carboxylic acids is 1. The first-order valence-corrected chi connectivity index (χ1v) is 4.43. The summed E-state index contributed by atoms with van der Waals surface area (Å²) in [6.07, 6.45) is 2.38. The predicted octanol–water partition coefficient (Wildman–Crippen LogP) is 0.718. The van der Waals surface area contributed by atoms with E-state index in [9.17, 15) is 9.59 Å². The second-order valence-electron chi connectivity index (χ2n) is 4.18. The van der Waals surface area contributed by atoms with E-state index in [4.69, 9.17) is 5.11 Å². The van der Waals surface area contributed by atoms with Gasteiger partial charge >= 0.3 is 5.97 Å². The van der Waals surface area contributed by atoms with Crippen molar-refractivity contribution in [3.8, 4) is 0 Å². The fraction of sp³-hybridized carbons (Fsp3) is 0.778. The van der Waals surface area contributed by atoms with Crippen molar-refractivity contribution in [2.24, 2.45) is 5.41 Å². The van der Waals surface area contributed by atoms with Gasteiger partial charge in [-0.25, -0.2) is 4.79 Å². The number of piperidine rings is 1. The van der Waals surface area contributed by atoms with Crippen molar-refractivity contribution in [2.45, 2.75) is 32.7 Å². The molecule has 1 aliphatic heterocycles. The van der Waals surface area contributed by atoms with E-state index >= 15 is 0 Å². The van der Waals surface area contributed by atoms with E-state index in [0.717, 1.165) is 12.8 Å². The van der Waals surface area contributed by atoms with Crippen molar-refractivity contribution in [1.29, 1.82) is 0 Å². The topological polar surface area (TPSA) is 57.6 Å². The fourth-order valence-corrected chi connectivity index (χ4v) is 2.02. The maximum atomic E-state index is 10.9. The van der Waals surface area contributed by atoms with Crippen LogP contribution in [0.25, 0.3) is 0 Å². The van der Waals surface area contributed by atoms with Crippen molar-refractivity contribution in [2.75, 3.05) is 6.54 Å². The molecule has 1 atom stereocenters. The normalized spacial score (nSPS) is 26.9. The Morgan fingerprint density at radius 2 is 2.23 bits per heavy atom. The smallest absolute Gasteiger partial charge is 0.326 e. The molecular weight excluding hydrogens is 170 g/mol. The van der Waals surface area contributed by atoms with Gasteiger partial charge in [0.25, 0.3) is 0 Å².